The lowest BCUT2D eigenvalue weighted by molar-refractivity contribution is -0.139. The first kappa shape index (κ1) is 16.7. The standard InChI is InChI=1S/C14H19FN2O4/c1-8(2)6-11(13(18)19)17-14(20)16-9-4-5-10(15)12(7-9)21-3/h4-5,7-8,11H,6H2,1-3H3,(H,18,19)(H2,16,17,20)/t11-/m1/s1. The number of benzene rings is 1. The summed E-state index contributed by atoms with van der Waals surface area (Å²) in [5.74, 6) is -1.54. The Bertz CT molecular complexity index is 520. The van der Waals surface area contributed by atoms with Gasteiger partial charge in [0.15, 0.2) is 11.6 Å². The fraction of sp³-hybridized carbons (Fsp3) is 0.429. The fourth-order valence-electron chi connectivity index (χ4n) is 1.76. The molecule has 6 nitrogen and oxygen atoms in total. The average Bonchev–Trinajstić information content (AvgIpc) is 2.39. The Kier molecular flexibility index (Phi) is 5.95. The molecule has 1 atom stereocenters. The Morgan fingerprint density at radius 2 is 2.05 bits per heavy atom. The monoisotopic (exact) mass is 298 g/mol. The minimum absolute atomic E-state index is 0.00948. The molecule has 1 aromatic carbocycles. The second-order valence-corrected chi connectivity index (χ2v) is 4.97. The van der Waals surface area contributed by atoms with Crippen LogP contribution in [0, 0.1) is 11.7 Å². The van der Waals surface area contributed by atoms with E-state index in [1.54, 1.807) is 0 Å². The number of carbonyl (C=O) groups excluding carboxylic acids is 1. The Labute approximate surface area is 122 Å². The number of urea groups is 1. The van der Waals surface area contributed by atoms with Gasteiger partial charge in [0.1, 0.15) is 6.04 Å². The Morgan fingerprint density at radius 3 is 2.57 bits per heavy atom. The molecule has 0 fully saturated rings. The highest BCUT2D eigenvalue weighted by molar-refractivity contribution is 5.92. The van der Waals surface area contributed by atoms with E-state index in [0.29, 0.717) is 12.1 Å². The molecule has 3 N–H and O–H groups in total. The van der Waals surface area contributed by atoms with E-state index in [-0.39, 0.29) is 11.7 Å². The molecule has 0 saturated carbocycles. The molecule has 0 aliphatic carbocycles. The van der Waals surface area contributed by atoms with Crippen molar-refractivity contribution >= 4 is 17.7 Å². The lowest BCUT2D eigenvalue weighted by atomic mass is 10.0. The van der Waals surface area contributed by atoms with Gasteiger partial charge < -0.3 is 20.5 Å². The minimum atomic E-state index is -1.10. The van der Waals surface area contributed by atoms with E-state index in [0.717, 1.165) is 6.07 Å². The van der Waals surface area contributed by atoms with E-state index < -0.39 is 23.9 Å². The Morgan fingerprint density at radius 1 is 1.38 bits per heavy atom. The minimum Gasteiger partial charge on any atom is -0.494 e. The number of carboxylic acids is 1. The zero-order valence-electron chi connectivity index (χ0n) is 12.1. The third-order valence-corrected chi connectivity index (χ3v) is 2.72. The van der Waals surface area contributed by atoms with Gasteiger partial charge in [-0.1, -0.05) is 13.8 Å². The van der Waals surface area contributed by atoms with Crippen molar-refractivity contribution < 1.29 is 23.8 Å². The predicted molar refractivity (Wildman–Crippen MR) is 76.0 cm³/mol. The summed E-state index contributed by atoms with van der Waals surface area (Å²) < 4.78 is 18.0. The summed E-state index contributed by atoms with van der Waals surface area (Å²) >= 11 is 0. The predicted octanol–water partition coefficient (Wildman–Crippen LogP) is 2.46. The number of anilines is 1. The zero-order valence-corrected chi connectivity index (χ0v) is 12.1. The highest BCUT2D eigenvalue weighted by Gasteiger charge is 2.21. The van der Waals surface area contributed by atoms with Crippen molar-refractivity contribution in [2.45, 2.75) is 26.3 Å². The molecule has 0 radical (unpaired) electrons. The van der Waals surface area contributed by atoms with Gasteiger partial charge in [-0.15, -0.1) is 0 Å². The molecule has 0 aromatic heterocycles. The highest BCUT2D eigenvalue weighted by atomic mass is 19.1. The highest BCUT2D eigenvalue weighted by Crippen LogP contribution is 2.21. The lowest BCUT2D eigenvalue weighted by Gasteiger charge is -2.17. The van der Waals surface area contributed by atoms with Crippen LogP contribution in [0.2, 0.25) is 0 Å². The van der Waals surface area contributed by atoms with Crippen molar-refractivity contribution in [2.75, 3.05) is 12.4 Å². The molecule has 1 aromatic rings. The van der Waals surface area contributed by atoms with Gasteiger partial charge in [-0.3, -0.25) is 0 Å². The molecular weight excluding hydrogens is 279 g/mol. The zero-order chi connectivity index (χ0) is 16.0. The third kappa shape index (κ3) is 5.29. The van der Waals surface area contributed by atoms with Gasteiger partial charge in [0.05, 0.1) is 7.11 Å². The Balaban J connectivity index is 2.69. The van der Waals surface area contributed by atoms with Gasteiger partial charge in [0.2, 0.25) is 0 Å². The normalized spacial score (nSPS) is 11.9. The van der Waals surface area contributed by atoms with Crippen LogP contribution >= 0.6 is 0 Å². The van der Waals surface area contributed by atoms with Crippen LogP contribution in [0.15, 0.2) is 18.2 Å². The van der Waals surface area contributed by atoms with E-state index in [9.17, 15) is 14.0 Å². The maximum atomic E-state index is 13.2. The van der Waals surface area contributed by atoms with Crippen molar-refractivity contribution in [3.63, 3.8) is 0 Å². The summed E-state index contributed by atoms with van der Waals surface area (Å²) in [5.41, 5.74) is 0.305. The maximum Gasteiger partial charge on any atom is 0.326 e. The molecule has 21 heavy (non-hydrogen) atoms. The molecule has 7 heteroatoms. The van der Waals surface area contributed by atoms with E-state index in [1.165, 1.54) is 19.2 Å². The summed E-state index contributed by atoms with van der Waals surface area (Å²) in [4.78, 5) is 22.8. The SMILES string of the molecule is COc1cc(NC(=O)N[C@H](CC(C)C)C(=O)O)ccc1F. The summed E-state index contributed by atoms with van der Waals surface area (Å²) in [5, 5.41) is 13.9. The molecule has 0 bridgehead atoms. The number of methoxy groups -OCH3 is 1. The van der Waals surface area contributed by atoms with Crippen LogP contribution in [-0.2, 0) is 4.79 Å². The molecule has 0 aliphatic heterocycles. The smallest absolute Gasteiger partial charge is 0.326 e. The summed E-state index contributed by atoms with van der Waals surface area (Å²) in [6, 6.07) is 2.17. The second-order valence-electron chi connectivity index (χ2n) is 4.97. The first-order valence-electron chi connectivity index (χ1n) is 6.47. The number of hydrogen-bond acceptors (Lipinski definition) is 3. The summed E-state index contributed by atoms with van der Waals surface area (Å²) in [6.07, 6.45) is 0.315. The van der Waals surface area contributed by atoms with Gasteiger partial charge in [-0.05, 0) is 24.5 Å². The topological polar surface area (TPSA) is 87.7 Å². The molecule has 0 aliphatic rings. The van der Waals surface area contributed by atoms with Crippen LogP contribution in [0.1, 0.15) is 20.3 Å². The number of hydrogen-bond donors (Lipinski definition) is 3. The second kappa shape index (κ2) is 7.47. The number of rotatable bonds is 6. The van der Waals surface area contributed by atoms with Crippen molar-refractivity contribution in [3.05, 3.63) is 24.0 Å². The van der Waals surface area contributed by atoms with Crippen LogP contribution in [0.5, 0.6) is 5.75 Å². The third-order valence-electron chi connectivity index (χ3n) is 2.72. The molecular formula is C14H19FN2O4. The van der Waals surface area contributed by atoms with E-state index in [4.69, 9.17) is 9.84 Å². The number of carbonyl (C=O) groups is 2. The first-order valence-corrected chi connectivity index (χ1v) is 6.47. The maximum absolute atomic E-state index is 13.2. The number of halogens is 1. The average molecular weight is 298 g/mol. The molecule has 2 amide bonds. The van der Waals surface area contributed by atoms with Crippen LogP contribution in [-0.4, -0.2) is 30.3 Å². The van der Waals surface area contributed by atoms with E-state index >= 15 is 0 Å². The largest absolute Gasteiger partial charge is 0.494 e. The van der Waals surface area contributed by atoms with Gasteiger partial charge in [-0.25, -0.2) is 14.0 Å². The summed E-state index contributed by atoms with van der Waals surface area (Å²) in [6.45, 7) is 3.72. The van der Waals surface area contributed by atoms with Crippen molar-refractivity contribution in [1.82, 2.24) is 5.32 Å². The molecule has 0 saturated heterocycles. The van der Waals surface area contributed by atoms with Gasteiger partial charge in [0, 0.05) is 11.8 Å². The quantitative estimate of drug-likeness (QED) is 0.752. The molecule has 1 rings (SSSR count). The van der Waals surface area contributed by atoms with Crippen molar-refractivity contribution in [1.29, 1.82) is 0 Å². The summed E-state index contributed by atoms with van der Waals surface area (Å²) in [7, 11) is 1.31. The molecule has 116 valence electrons. The van der Waals surface area contributed by atoms with E-state index in [2.05, 4.69) is 10.6 Å². The van der Waals surface area contributed by atoms with E-state index in [1.807, 2.05) is 13.8 Å². The van der Waals surface area contributed by atoms with Crippen LogP contribution < -0.4 is 15.4 Å². The van der Waals surface area contributed by atoms with Gasteiger partial charge in [0.25, 0.3) is 0 Å². The molecule has 0 heterocycles. The van der Waals surface area contributed by atoms with Gasteiger partial charge in [-0.2, -0.15) is 0 Å². The number of aliphatic carboxylic acids is 1. The van der Waals surface area contributed by atoms with Crippen LogP contribution in [0.4, 0.5) is 14.9 Å². The number of ether oxygens (including phenoxy) is 1. The fourth-order valence-corrected chi connectivity index (χ4v) is 1.76. The van der Waals surface area contributed by atoms with Crippen LogP contribution in [0.3, 0.4) is 0 Å². The van der Waals surface area contributed by atoms with Crippen molar-refractivity contribution in [2.24, 2.45) is 5.92 Å². The molecule has 0 unspecified atom stereocenters. The number of nitrogens with one attached hydrogen (secondary N) is 2. The number of amides is 2. The van der Waals surface area contributed by atoms with Gasteiger partial charge >= 0.3 is 12.0 Å². The van der Waals surface area contributed by atoms with Crippen LogP contribution in [0.25, 0.3) is 0 Å². The Hall–Kier alpha value is -2.31. The number of carboxylic acid groups (broad SMARTS) is 1. The lowest BCUT2D eigenvalue weighted by Crippen LogP contribution is -2.43. The van der Waals surface area contributed by atoms with Crippen molar-refractivity contribution in [3.8, 4) is 5.75 Å². The first-order chi connectivity index (χ1) is 9.83. The molecule has 0 spiro atoms.